The molecule has 0 bridgehead atoms. The number of hydrogen-bond donors (Lipinski definition) is 1. The van der Waals surface area contributed by atoms with Crippen molar-refractivity contribution in [3.63, 3.8) is 0 Å². The van der Waals surface area contributed by atoms with Gasteiger partial charge in [-0.3, -0.25) is 14.9 Å². The van der Waals surface area contributed by atoms with Crippen molar-refractivity contribution in [2.45, 2.75) is 0 Å². The zero-order valence-corrected chi connectivity index (χ0v) is 16.1. The first kappa shape index (κ1) is 20.2. The highest BCUT2D eigenvalue weighted by atomic mass is 79.9. The molecule has 0 unspecified atom stereocenters. The van der Waals surface area contributed by atoms with E-state index in [1.54, 1.807) is 19.2 Å². The van der Waals surface area contributed by atoms with Gasteiger partial charge in [-0.1, -0.05) is 0 Å². The van der Waals surface area contributed by atoms with Gasteiger partial charge in [0.1, 0.15) is 17.2 Å². The summed E-state index contributed by atoms with van der Waals surface area (Å²) < 4.78 is 16.4. The second-order valence-corrected chi connectivity index (χ2v) is 5.92. The van der Waals surface area contributed by atoms with Crippen LogP contribution in [0.15, 0.2) is 46.0 Å². The van der Waals surface area contributed by atoms with Crippen LogP contribution in [-0.2, 0) is 4.79 Å². The van der Waals surface area contributed by atoms with E-state index in [1.807, 2.05) is 0 Å². The molecule has 2 aromatic carbocycles. The maximum atomic E-state index is 11.8. The smallest absolute Gasteiger partial charge is 0.277 e. The predicted octanol–water partition coefficient (Wildman–Crippen LogP) is 2.90. The average Bonchev–Trinajstić information content (AvgIpc) is 2.67. The fraction of sp³-hybridized carbons (Fsp3) is 0.176. The topological polar surface area (TPSA) is 112 Å². The number of halogens is 1. The Balaban J connectivity index is 1.91. The number of nitro benzene ring substituents is 1. The summed E-state index contributed by atoms with van der Waals surface area (Å²) in [5, 5.41) is 14.4. The van der Waals surface area contributed by atoms with Crippen molar-refractivity contribution in [1.82, 2.24) is 5.43 Å². The molecule has 9 nitrogen and oxygen atoms in total. The van der Waals surface area contributed by atoms with Crippen molar-refractivity contribution in [2.75, 3.05) is 20.8 Å². The second-order valence-electron chi connectivity index (χ2n) is 5.06. The molecule has 0 saturated heterocycles. The lowest BCUT2D eigenvalue weighted by Gasteiger charge is -2.09. The second kappa shape index (κ2) is 9.53. The summed E-state index contributed by atoms with van der Waals surface area (Å²) in [6.45, 7) is -0.293. The first-order valence-corrected chi connectivity index (χ1v) is 8.34. The van der Waals surface area contributed by atoms with Crippen molar-refractivity contribution in [3.8, 4) is 17.2 Å². The SMILES string of the molecule is COc1cc(OC)c(/C=N/NC(=O)COc2ccc([N+](=O)[O-])cc2)cc1Br. The number of hydrogen-bond acceptors (Lipinski definition) is 7. The van der Waals surface area contributed by atoms with Crippen molar-refractivity contribution in [2.24, 2.45) is 5.10 Å². The van der Waals surface area contributed by atoms with Gasteiger partial charge in [0.15, 0.2) is 6.61 Å². The third-order valence-electron chi connectivity index (χ3n) is 3.31. The molecule has 2 aromatic rings. The number of carbonyl (C=O) groups is 1. The molecule has 1 amide bonds. The van der Waals surface area contributed by atoms with Gasteiger partial charge in [0.05, 0.1) is 29.8 Å². The Morgan fingerprint density at radius 3 is 2.48 bits per heavy atom. The first-order valence-electron chi connectivity index (χ1n) is 7.55. The quantitative estimate of drug-likeness (QED) is 0.385. The van der Waals surface area contributed by atoms with E-state index >= 15 is 0 Å². The third-order valence-corrected chi connectivity index (χ3v) is 3.93. The lowest BCUT2D eigenvalue weighted by atomic mass is 10.2. The molecule has 10 heteroatoms. The van der Waals surface area contributed by atoms with Gasteiger partial charge in [0, 0.05) is 23.8 Å². The number of nitrogens with one attached hydrogen (secondary N) is 1. The van der Waals surface area contributed by atoms with E-state index in [0.29, 0.717) is 27.3 Å². The lowest BCUT2D eigenvalue weighted by molar-refractivity contribution is -0.384. The van der Waals surface area contributed by atoms with Crippen LogP contribution in [0.5, 0.6) is 17.2 Å². The maximum absolute atomic E-state index is 11.8. The van der Waals surface area contributed by atoms with Crippen LogP contribution in [0.4, 0.5) is 5.69 Å². The molecule has 2 rings (SSSR count). The minimum atomic E-state index is -0.517. The Kier molecular flexibility index (Phi) is 7.12. The number of ether oxygens (including phenoxy) is 3. The van der Waals surface area contributed by atoms with Crippen LogP contribution in [0, 0.1) is 10.1 Å². The van der Waals surface area contributed by atoms with Crippen molar-refractivity contribution in [1.29, 1.82) is 0 Å². The fourth-order valence-electron chi connectivity index (χ4n) is 2.00. The Bertz CT molecular complexity index is 854. The average molecular weight is 438 g/mol. The molecule has 1 N–H and O–H groups in total. The molecule has 0 spiro atoms. The fourth-order valence-corrected chi connectivity index (χ4v) is 2.53. The van der Waals surface area contributed by atoms with Crippen LogP contribution < -0.4 is 19.6 Å². The van der Waals surface area contributed by atoms with E-state index in [2.05, 4.69) is 26.5 Å². The summed E-state index contributed by atoms with van der Waals surface area (Å²) in [7, 11) is 3.05. The Morgan fingerprint density at radius 1 is 1.22 bits per heavy atom. The molecule has 0 fully saturated rings. The Morgan fingerprint density at radius 2 is 1.89 bits per heavy atom. The van der Waals surface area contributed by atoms with Gasteiger partial charge in [-0.25, -0.2) is 5.43 Å². The highest BCUT2D eigenvalue weighted by molar-refractivity contribution is 9.10. The molecule has 0 aliphatic carbocycles. The predicted molar refractivity (Wildman–Crippen MR) is 102 cm³/mol. The summed E-state index contributed by atoms with van der Waals surface area (Å²) in [5.41, 5.74) is 2.89. The van der Waals surface area contributed by atoms with Crippen LogP contribution in [0.25, 0.3) is 0 Å². The third kappa shape index (κ3) is 5.68. The summed E-state index contributed by atoms with van der Waals surface area (Å²) in [4.78, 5) is 21.9. The van der Waals surface area contributed by atoms with E-state index in [-0.39, 0.29) is 12.3 Å². The Hall–Kier alpha value is -3.14. The van der Waals surface area contributed by atoms with Crippen molar-refractivity contribution in [3.05, 3.63) is 56.5 Å². The summed E-state index contributed by atoms with van der Waals surface area (Å²) in [5.74, 6) is 0.969. The monoisotopic (exact) mass is 437 g/mol. The van der Waals surface area contributed by atoms with Crippen LogP contribution in [0.3, 0.4) is 0 Å². The van der Waals surface area contributed by atoms with Gasteiger partial charge in [-0.05, 0) is 34.1 Å². The molecule has 142 valence electrons. The number of rotatable bonds is 8. The van der Waals surface area contributed by atoms with Crippen LogP contribution in [0.1, 0.15) is 5.56 Å². The molecule has 0 aliphatic heterocycles. The molecule has 27 heavy (non-hydrogen) atoms. The molecular formula is C17H16BrN3O6. The van der Waals surface area contributed by atoms with Crippen molar-refractivity contribution < 1.29 is 23.9 Å². The lowest BCUT2D eigenvalue weighted by Crippen LogP contribution is -2.24. The minimum Gasteiger partial charge on any atom is -0.496 e. The standard InChI is InChI=1S/C17H16BrN3O6/c1-25-15-8-16(26-2)14(18)7-11(15)9-19-20-17(22)10-27-13-5-3-12(4-6-13)21(23)24/h3-9H,10H2,1-2H3,(H,20,22)/b19-9+. The molecular weight excluding hydrogens is 422 g/mol. The van der Waals surface area contributed by atoms with Gasteiger partial charge in [0.25, 0.3) is 11.6 Å². The molecule has 0 aromatic heterocycles. The zero-order valence-electron chi connectivity index (χ0n) is 14.5. The number of methoxy groups -OCH3 is 2. The van der Waals surface area contributed by atoms with Crippen LogP contribution in [0.2, 0.25) is 0 Å². The number of hydrazone groups is 1. The van der Waals surface area contributed by atoms with Crippen molar-refractivity contribution >= 4 is 33.7 Å². The van der Waals surface area contributed by atoms with E-state index in [1.165, 1.54) is 37.6 Å². The number of nitrogens with zero attached hydrogens (tertiary/aromatic N) is 2. The number of benzene rings is 2. The van der Waals surface area contributed by atoms with Crippen LogP contribution in [-0.4, -0.2) is 37.9 Å². The normalized spacial score (nSPS) is 10.5. The highest BCUT2D eigenvalue weighted by Gasteiger charge is 2.09. The van der Waals surface area contributed by atoms with Gasteiger partial charge in [-0.15, -0.1) is 0 Å². The van der Waals surface area contributed by atoms with Gasteiger partial charge < -0.3 is 14.2 Å². The first-order chi connectivity index (χ1) is 12.9. The van der Waals surface area contributed by atoms with Crippen LogP contribution >= 0.6 is 15.9 Å². The van der Waals surface area contributed by atoms with Gasteiger partial charge in [0.2, 0.25) is 0 Å². The summed E-state index contributed by atoms with van der Waals surface area (Å²) in [6.07, 6.45) is 1.42. The minimum absolute atomic E-state index is 0.0593. The number of amides is 1. The van der Waals surface area contributed by atoms with E-state index < -0.39 is 10.8 Å². The highest BCUT2D eigenvalue weighted by Crippen LogP contribution is 2.31. The van der Waals surface area contributed by atoms with Gasteiger partial charge in [-0.2, -0.15) is 5.10 Å². The molecule has 0 saturated carbocycles. The molecule has 0 heterocycles. The van der Waals surface area contributed by atoms with E-state index in [4.69, 9.17) is 14.2 Å². The van der Waals surface area contributed by atoms with E-state index in [9.17, 15) is 14.9 Å². The van der Waals surface area contributed by atoms with E-state index in [0.717, 1.165) is 0 Å². The molecule has 0 aliphatic rings. The Labute approximate surface area is 163 Å². The maximum Gasteiger partial charge on any atom is 0.277 e. The molecule has 0 radical (unpaired) electrons. The number of nitro groups is 1. The zero-order chi connectivity index (χ0) is 19.8. The summed E-state index contributed by atoms with van der Waals surface area (Å²) >= 11 is 3.36. The largest absolute Gasteiger partial charge is 0.496 e. The molecule has 0 atom stereocenters. The summed E-state index contributed by atoms with van der Waals surface area (Å²) in [6, 6.07) is 8.83. The van der Waals surface area contributed by atoms with Gasteiger partial charge >= 0.3 is 0 Å². The number of non-ortho nitro benzene ring substituents is 1. The number of carbonyl (C=O) groups excluding carboxylic acids is 1.